The van der Waals surface area contributed by atoms with E-state index in [2.05, 4.69) is 9.88 Å². The second kappa shape index (κ2) is 8.43. The van der Waals surface area contributed by atoms with Crippen LogP contribution in [0.15, 0.2) is 59.6 Å². The molecule has 1 aliphatic rings. The van der Waals surface area contributed by atoms with Crippen LogP contribution in [-0.4, -0.2) is 61.4 Å². The van der Waals surface area contributed by atoms with E-state index in [4.69, 9.17) is 5.11 Å². The van der Waals surface area contributed by atoms with Crippen molar-refractivity contribution in [1.29, 1.82) is 0 Å². The van der Waals surface area contributed by atoms with Crippen LogP contribution < -0.4 is 4.90 Å². The van der Waals surface area contributed by atoms with Gasteiger partial charge in [0.15, 0.2) is 5.78 Å². The van der Waals surface area contributed by atoms with Crippen LogP contribution >= 0.6 is 0 Å². The predicted molar refractivity (Wildman–Crippen MR) is 103 cm³/mol. The molecule has 0 saturated carbocycles. The van der Waals surface area contributed by atoms with Crippen molar-refractivity contribution >= 4 is 27.7 Å². The third kappa shape index (κ3) is 4.60. The molecule has 2 heterocycles. The molecule has 1 aromatic heterocycles. The molecule has 0 bridgehead atoms. The lowest BCUT2D eigenvalue weighted by Crippen LogP contribution is -2.48. The van der Waals surface area contributed by atoms with E-state index in [-0.39, 0.29) is 4.90 Å². The zero-order valence-corrected chi connectivity index (χ0v) is 15.5. The van der Waals surface area contributed by atoms with Crippen LogP contribution in [0.2, 0.25) is 0 Å². The quantitative estimate of drug-likeness (QED) is 0.748. The van der Waals surface area contributed by atoms with E-state index in [0.29, 0.717) is 31.7 Å². The first-order valence-corrected chi connectivity index (χ1v) is 10.0. The van der Waals surface area contributed by atoms with Gasteiger partial charge in [0.2, 0.25) is 10.0 Å². The van der Waals surface area contributed by atoms with Gasteiger partial charge in [-0.3, -0.25) is 4.79 Å². The van der Waals surface area contributed by atoms with Gasteiger partial charge in [-0.05, 0) is 35.9 Å². The number of carbonyl (C=O) groups excluding carboxylic acids is 1. The number of aromatic nitrogens is 1. The van der Waals surface area contributed by atoms with Gasteiger partial charge in [0.1, 0.15) is 12.4 Å². The maximum Gasteiger partial charge on any atom is 0.243 e. The SMILES string of the molecule is O=C(/C=C/c1cccc(S(=O)(=O)N2CCN(c3ccccn3)CC2)c1)CO. The Morgan fingerprint density at radius 1 is 1.11 bits per heavy atom. The van der Waals surface area contributed by atoms with E-state index in [1.807, 2.05) is 18.2 Å². The number of sulfonamides is 1. The minimum atomic E-state index is -3.62. The molecule has 1 fully saturated rings. The predicted octanol–water partition coefficient (Wildman–Crippen LogP) is 1.17. The molecule has 8 heteroatoms. The number of rotatable bonds is 6. The Morgan fingerprint density at radius 3 is 2.56 bits per heavy atom. The monoisotopic (exact) mass is 387 g/mol. The highest BCUT2D eigenvalue weighted by molar-refractivity contribution is 7.89. The van der Waals surface area contributed by atoms with Gasteiger partial charge in [-0.1, -0.05) is 24.3 Å². The average Bonchev–Trinajstić information content (AvgIpc) is 2.73. The van der Waals surface area contributed by atoms with Crippen LogP contribution in [0, 0.1) is 0 Å². The van der Waals surface area contributed by atoms with E-state index in [1.54, 1.807) is 24.4 Å². The molecule has 0 amide bonds. The lowest BCUT2D eigenvalue weighted by Gasteiger charge is -2.34. The number of pyridine rings is 1. The van der Waals surface area contributed by atoms with Crippen molar-refractivity contribution < 1.29 is 18.3 Å². The number of hydrogen-bond acceptors (Lipinski definition) is 6. The Labute approximate surface area is 158 Å². The molecule has 142 valence electrons. The third-order valence-electron chi connectivity index (χ3n) is 4.33. The van der Waals surface area contributed by atoms with Crippen LogP contribution in [0.3, 0.4) is 0 Å². The van der Waals surface area contributed by atoms with Crippen LogP contribution in [0.5, 0.6) is 0 Å². The summed E-state index contributed by atoms with van der Waals surface area (Å²) in [6, 6.07) is 12.1. The van der Waals surface area contributed by atoms with Crippen molar-refractivity contribution in [2.75, 3.05) is 37.7 Å². The highest BCUT2D eigenvalue weighted by Crippen LogP contribution is 2.21. The highest BCUT2D eigenvalue weighted by atomic mass is 32.2. The number of hydrogen-bond donors (Lipinski definition) is 1. The van der Waals surface area contributed by atoms with Gasteiger partial charge in [-0.2, -0.15) is 4.31 Å². The molecule has 27 heavy (non-hydrogen) atoms. The zero-order chi connectivity index (χ0) is 19.3. The van der Waals surface area contributed by atoms with Crippen molar-refractivity contribution in [3.63, 3.8) is 0 Å². The molecule has 0 radical (unpaired) electrons. The topological polar surface area (TPSA) is 90.8 Å². The largest absolute Gasteiger partial charge is 0.388 e. The molecule has 1 aliphatic heterocycles. The lowest BCUT2D eigenvalue weighted by atomic mass is 10.2. The fourth-order valence-corrected chi connectivity index (χ4v) is 4.35. The van der Waals surface area contributed by atoms with Gasteiger partial charge in [-0.25, -0.2) is 13.4 Å². The molecule has 1 N–H and O–H groups in total. The van der Waals surface area contributed by atoms with E-state index in [0.717, 1.165) is 5.82 Å². The van der Waals surface area contributed by atoms with E-state index >= 15 is 0 Å². The van der Waals surface area contributed by atoms with Crippen molar-refractivity contribution in [2.24, 2.45) is 0 Å². The minimum Gasteiger partial charge on any atom is -0.388 e. The third-order valence-corrected chi connectivity index (χ3v) is 6.22. The zero-order valence-electron chi connectivity index (χ0n) is 14.7. The maximum atomic E-state index is 12.9. The highest BCUT2D eigenvalue weighted by Gasteiger charge is 2.28. The molecule has 0 unspecified atom stereocenters. The lowest BCUT2D eigenvalue weighted by molar-refractivity contribution is -0.117. The van der Waals surface area contributed by atoms with Crippen molar-refractivity contribution in [3.8, 4) is 0 Å². The molecule has 7 nitrogen and oxygen atoms in total. The first-order valence-electron chi connectivity index (χ1n) is 8.58. The summed E-state index contributed by atoms with van der Waals surface area (Å²) in [5, 5.41) is 8.76. The number of aliphatic hydroxyl groups excluding tert-OH is 1. The number of anilines is 1. The van der Waals surface area contributed by atoms with Crippen LogP contribution in [0.25, 0.3) is 6.08 Å². The van der Waals surface area contributed by atoms with Crippen molar-refractivity contribution in [1.82, 2.24) is 9.29 Å². The van der Waals surface area contributed by atoms with E-state index in [9.17, 15) is 13.2 Å². The summed E-state index contributed by atoms with van der Waals surface area (Å²) in [6.07, 6.45) is 4.45. The van der Waals surface area contributed by atoms with Gasteiger partial charge in [0.25, 0.3) is 0 Å². The van der Waals surface area contributed by atoms with Crippen molar-refractivity contribution in [3.05, 3.63) is 60.3 Å². The Balaban J connectivity index is 1.72. The van der Waals surface area contributed by atoms with Gasteiger partial charge in [0.05, 0.1) is 4.90 Å². The molecule has 0 atom stereocenters. The summed E-state index contributed by atoms with van der Waals surface area (Å²) >= 11 is 0. The van der Waals surface area contributed by atoms with Crippen molar-refractivity contribution in [2.45, 2.75) is 4.90 Å². The average molecular weight is 387 g/mol. The fourth-order valence-electron chi connectivity index (χ4n) is 2.87. The van der Waals surface area contributed by atoms with E-state index < -0.39 is 22.4 Å². The molecule has 1 saturated heterocycles. The number of piperazine rings is 1. The van der Waals surface area contributed by atoms with Gasteiger partial charge in [-0.15, -0.1) is 0 Å². The summed E-state index contributed by atoms with van der Waals surface area (Å²) in [5.74, 6) is 0.407. The Hall–Kier alpha value is -2.55. The summed E-state index contributed by atoms with van der Waals surface area (Å²) in [6.45, 7) is 1.32. The molecular weight excluding hydrogens is 366 g/mol. The number of nitrogens with zero attached hydrogens (tertiary/aromatic N) is 3. The normalized spacial score (nSPS) is 16.0. The number of benzene rings is 1. The molecule has 1 aromatic carbocycles. The van der Waals surface area contributed by atoms with Gasteiger partial charge < -0.3 is 10.0 Å². The smallest absolute Gasteiger partial charge is 0.243 e. The van der Waals surface area contributed by atoms with Gasteiger partial charge >= 0.3 is 0 Å². The first-order chi connectivity index (χ1) is 13.0. The second-order valence-electron chi connectivity index (χ2n) is 6.11. The molecular formula is C19H21N3O4S. The first kappa shape index (κ1) is 19.2. The fraction of sp³-hybridized carbons (Fsp3) is 0.263. The Kier molecular flexibility index (Phi) is 6.00. The summed E-state index contributed by atoms with van der Waals surface area (Å²) < 4.78 is 27.3. The molecule has 2 aromatic rings. The number of aliphatic hydroxyl groups is 1. The number of carbonyl (C=O) groups is 1. The Bertz CT molecular complexity index is 921. The summed E-state index contributed by atoms with van der Waals surface area (Å²) in [7, 11) is -3.62. The Morgan fingerprint density at radius 2 is 1.89 bits per heavy atom. The van der Waals surface area contributed by atoms with Crippen LogP contribution in [0.4, 0.5) is 5.82 Å². The molecule has 0 aliphatic carbocycles. The van der Waals surface area contributed by atoms with Crippen LogP contribution in [0.1, 0.15) is 5.56 Å². The molecule has 3 rings (SSSR count). The second-order valence-corrected chi connectivity index (χ2v) is 8.05. The minimum absolute atomic E-state index is 0.187. The standard InChI is InChI=1S/C19H21N3O4S/c23-15-17(24)8-7-16-4-3-5-18(14-16)27(25,26)22-12-10-21(11-13-22)19-6-1-2-9-20-19/h1-9,14,23H,10-13,15H2/b8-7+. The summed E-state index contributed by atoms with van der Waals surface area (Å²) in [5.41, 5.74) is 0.588. The maximum absolute atomic E-state index is 12.9. The van der Waals surface area contributed by atoms with E-state index in [1.165, 1.54) is 22.5 Å². The summed E-state index contributed by atoms with van der Waals surface area (Å²) in [4.78, 5) is 17.7. The van der Waals surface area contributed by atoms with Crippen LogP contribution in [-0.2, 0) is 14.8 Å². The number of ketones is 1. The molecule has 0 spiro atoms. The van der Waals surface area contributed by atoms with Gasteiger partial charge in [0, 0.05) is 32.4 Å².